The molecule has 1 N–H and O–H groups in total. The van der Waals surface area contributed by atoms with Crippen molar-refractivity contribution in [2.75, 3.05) is 47.9 Å². The third-order valence-electron chi connectivity index (χ3n) is 3.15. The van der Waals surface area contributed by atoms with E-state index in [0.29, 0.717) is 0 Å². The van der Waals surface area contributed by atoms with Gasteiger partial charge in [0.25, 0.3) is 0 Å². The lowest BCUT2D eigenvalue weighted by Gasteiger charge is -2.34. The quantitative estimate of drug-likeness (QED) is 0.583. The Labute approximate surface area is 75.2 Å². The van der Waals surface area contributed by atoms with E-state index in [9.17, 15) is 5.11 Å². The minimum atomic E-state index is 0.0313. The molecule has 1 rings (SSSR count). The number of likely N-dealkylation sites (N-methyl/N-ethyl adjacent to an activating group) is 2. The summed E-state index contributed by atoms with van der Waals surface area (Å²) in [6, 6.07) is 0. The molecule has 1 fully saturated rings. The molecule has 72 valence electrons. The van der Waals surface area contributed by atoms with Crippen molar-refractivity contribution in [3.05, 3.63) is 0 Å². The molecule has 12 heavy (non-hydrogen) atoms. The summed E-state index contributed by atoms with van der Waals surface area (Å²) >= 11 is 0. The van der Waals surface area contributed by atoms with Gasteiger partial charge in [0.2, 0.25) is 0 Å². The number of hydrogen-bond acceptors (Lipinski definition) is 2. The van der Waals surface area contributed by atoms with Gasteiger partial charge in [-0.05, 0) is 14.1 Å². The summed E-state index contributed by atoms with van der Waals surface area (Å²) in [5.41, 5.74) is 0.0313. The Balaban J connectivity index is 2.73. The van der Waals surface area contributed by atoms with E-state index < -0.39 is 0 Å². The Bertz CT molecular complexity index is 168. The van der Waals surface area contributed by atoms with Crippen LogP contribution in [0.2, 0.25) is 0 Å². The smallest absolute Gasteiger partial charge is 0.0994 e. The molecule has 0 radical (unpaired) electrons. The van der Waals surface area contributed by atoms with Crippen LogP contribution in [0.15, 0.2) is 0 Å². The Morgan fingerprint density at radius 3 is 2.17 bits per heavy atom. The number of likely N-dealkylation sites (tertiary alicyclic amines) is 1. The first kappa shape index (κ1) is 9.96. The maximum atomic E-state index is 9.37. The van der Waals surface area contributed by atoms with Crippen LogP contribution in [0, 0.1) is 0 Å². The lowest BCUT2D eigenvalue weighted by atomic mass is 9.98. The van der Waals surface area contributed by atoms with E-state index >= 15 is 0 Å². The predicted molar refractivity (Wildman–Crippen MR) is 50.0 cm³/mol. The third kappa shape index (κ3) is 1.63. The van der Waals surface area contributed by atoms with E-state index in [1.165, 1.54) is 6.54 Å². The topological polar surface area (TPSA) is 23.5 Å². The normalized spacial score (nSPS) is 34.5. The largest absolute Gasteiger partial charge is 0.394 e. The Kier molecular flexibility index (Phi) is 2.47. The fraction of sp³-hybridized carbons (Fsp3) is 1.00. The molecule has 1 unspecified atom stereocenters. The highest BCUT2D eigenvalue weighted by Gasteiger charge is 2.45. The molecule has 0 spiro atoms. The van der Waals surface area contributed by atoms with E-state index in [-0.39, 0.29) is 12.1 Å². The van der Waals surface area contributed by atoms with Crippen LogP contribution in [0.5, 0.6) is 0 Å². The first-order valence-electron chi connectivity index (χ1n) is 4.52. The maximum absolute atomic E-state index is 9.37. The van der Waals surface area contributed by atoms with Gasteiger partial charge < -0.3 is 9.59 Å². The van der Waals surface area contributed by atoms with Crippen molar-refractivity contribution in [1.29, 1.82) is 0 Å². The van der Waals surface area contributed by atoms with E-state index in [1.54, 1.807) is 0 Å². The van der Waals surface area contributed by atoms with E-state index in [2.05, 4.69) is 33.1 Å². The van der Waals surface area contributed by atoms with Crippen molar-refractivity contribution in [3.63, 3.8) is 0 Å². The molecule has 0 aromatic carbocycles. The standard InChI is InChI=1S/C9H21N2O/c1-10(2)9(8-12)5-6-11(3,4)7-9/h12H,5-8H2,1-4H3/q+1. The molecule has 1 atom stereocenters. The van der Waals surface area contributed by atoms with Crippen LogP contribution >= 0.6 is 0 Å². The van der Waals surface area contributed by atoms with Crippen LogP contribution in [0.4, 0.5) is 0 Å². The summed E-state index contributed by atoms with van der Waals surface area (Å²) in [7, 11) is 8.56. The fourth-order valence-electron chi connectivity index (χ4n) is 2.10. The van der Waals surface area contributed by atoms with Crippen LogP contribution in [0.25, 0.3) is 0 Å². The van der Waals surface area contributed by atoms with Crippen molar-refractivity contribution in [2.45, 2.75) is 12.0 Å². The van der Waals surface area contributed by atoms with Gasteiger partial charge in [-0.15, -0.1) is 0 Å². The zero-order valence-electron chi connectivity index (χ0n) is 8.67. The summed E-state index contributed by atoms with van der Waals surface area (Å²) in [5.74, 6) is 0. The summed E-state index contributed by atoms with van der Waals surface area (Å²) in [6.45, 7) is 2.50. The second-order valence-corrected chi connectivity index (χ2v) is 4.84. The molecule has 0 bridgehead atoms. The van der Waals surface area contributed by atoms with Crippen LogP contribution in [0.3, 0.4) is 0 Å². The molecule has 1 heterocycles. The van der Waals surface area contributed by atoms with Gasteiger partial charge in [0, 0.05) is 6.42 Å². The number of aliphatic hydroxyl groups excluding tert-OH is 1. The van der Waals surface area contributed by atoms with Crippen LogP contribution in [-0.4, -0.2) is 67.9 Å². The molecule has 1 aliphatic rings. The number of rotatable bonds is 2. The molecule has 0 aromatic rings. The first-order valence-corrected chi connectivity index (χ1v) is 4.52. The number of aliphatic hydroxyl groups is 1. The van der Waals surface area contributed by atoms with E-state index in [4.69, 9.17) is 0 Å². The summed E-state index contributed by atoms with van der Waals surface area (Å²) in [6.07, 6.45) is 1.10. The summed E-state index contributed by atoms with van der Waals surface area (Å²) in [4.78, 5) is 2.17. The lowest BCUT2D eigenvalue weighted by Crippen LogP contribution is -2.52. The lowest BCUT2D eigenvalue weighted by molar-refractivity contribution is -0.880. The summed E-state index contributed by atoms with van der Waals surface area (Å²) < 4.78 is 1.03. The number of hydrogen-bond donors (Lipinski definition) is 1. The minimum Gasteiger partial charge on any atom is -0.394 e. The average molecular weight is 173 g/mol. The van der Waals surface area contributed by atoms with Crippen molar-refractivity contribution in [2.24, 2.45) is 0 Å². The second-order valence-electron chi connectivity index (χ2n) is 4.84. The van der Waals surface area contributed by atoms with Crippen molar-refractivity contribution in [1.82, 2.24) is 4.90 Å². The zero-order chi connectivity index (χ0) is 9.41. The Hall–Kier alpha value is -0.120. The van der Waals surface area contributed by atoms with Gasteiger partial charge in [-0.3, -0.25) is 4.90 Å². The fourth-order valence-corrected chi connectivity index (χ4v) is 2.10. The Morgan fingerprint density at radius 1 is 1.42 bits per heavy atom. The van der Waals surface area contributed by atoms with E-state index in [1.807, 2.05) is 0 Å². The molecule has 0 saturated carbocycles. The number of nitrogens with zero attached hydrogens (tertiary/aromatic N) is 2. The molecule has 3 nitrogen and oxygen atoms in total. The zero-order valence-corrected chi connectivity index (χ0v) is 8.67. The summed E-state index contributed by atoms with van der Waals surface area (Å²) in [5, 5.41) is 9.37. The molecule has 0 aromatic heterocycles. The van der Waals surface area contributed by atoms with Crippen LogP contribution in [0.1, 0.15) is 6.42 Å². The van der Waals surface area contributed by atoms with E-state index in [0.717, 1.165) is 17.4 Å². The molecule has 1 saturated heterocycles. The second kappa shape index (κ2) is 2.98. The van der Waals surface area contributed by atoms with Crippen molar-refractivity contribution < 1.29 is 9.59 Å². The maximum Gasteiger partial charge on any atom is 0.0994 e. The Morgan fingerprint density at radius 2 is 2.00 bits per heavy atom. The SMILES string of the molecule is CN(C)C1(CO)CC[N+](C)(C)C1. The van der Waals surface area contributed by atoms with Crippen LogP contribution < -0.4 is 0 Å². The minimum absolute atomic E-state index is 0.0313. The van der Waals surface area contributed by atoms with Gasteiger partial charge in [-0.2, -0.15) is 0 Å². The number of quaternary nitrogens is 1. The van der Waals surface area contributed by atoms with Gasteiger partial charge in [0.05, 0.1) is 39.3 Å². The predicted octanol–water partition coefficient (Wildman–Crippen LogP) is -0.241. The highest BCUT2D eigenvalue weighted by molar-refractivity contribution is 4.90. The van der Waals surface area contributed by atoms with Crippen molar-refractivity contribution in [3.8, 4) is 0 Å². The molecular weight excluding hydrogens is 152 g/mol. The van der Waals surface area contributed by atoms with Gasteiger partial charge in [0.15, 0.2) is 0 Å². The highest BCUT2D eigenvalue weighted by Crippen LogP contribution is 2.28. The van der Waals surface area contributed by atoms with Gasteiger partial charge >= 0.3 is 0 Å². The van der Waals surface area contributed by atoms with Gasteiger partial charge in [-0.25, -0.2) is 0 Å². The average Bonchev–Trinajstić information content (AvgIpc) is 2.27. The van der Waals surface area contributed by atoms with Gasteiger partial charge in [-0.1, -0.05) is 0 Å². The van der Waals surface area contributed by atoms with Gasteiger partial charge in [0.1, 0.15) is 0 Å². The molecule has 0 aliphatic carbocycles. The molecular formula is C9H21N2O+. The molecule has 3 heteroatoms. The molecule has 0 amide bonds. The van der Waals surface area contributed by atoms with Crippen molar-refractivity contribution >= 4 is 0 Å². The first-order chi connectivity index (χ1) is 5.42. The third-order valence-corrected chi connectivity index (χ3v) is 3.15. The monoisotopic (exact) mass is 173 g/mol. The van der Waals surface area contributed by atoms with Crippen LogP contribution in [-0.2, 0) is 0 Å². The molecule has 1 aliphatic heterocycles. The highest BCUT2D eigenvalue weighted by atomic mass is 16.3.